The Morgan fingerprint density at radius 3 is 2.90 bits per heavy atom. The van der Waals surface area contributed by atoms with Crippen LogP contribution >= 0.6 is 15.9 Å². The third-order valence-corrected chi connectivity index (χ3v) is 3.90. The fourth-order valence-electron chi connectivity index (χ4n) is 2.35. The lowest BCUT2D eigenvalue weighted by Crippen LogP contribution is -2.42. The fraction of sp³-hybridized carbons (Fsp3) is 0.429. The minimum atomic E-state index is -0.557. The summed E-state index contributed by atoms with van der Waals surface area (Å²) in [7, 11) is 1.33. The zero-order valence-electron chi connectivity index (χ0n) is 11.1. The van der Waals surface area contributed by atoms with Gasteiger partial charge in [-0.1, -0.05) is 15.9 Å². The van der Waals surface area contributed by atoms with Gasteiger partial charge in [-0.25, -0.2) is 4.39 Å². The summed E-state index contributed by atoms with van der Waals surface area (Å²) in [5.74, 6) is -1.60. The van der Waals surface area contributed by atoms with Crippen LogP contribution in [-0.2, 0) is 9.53 Å². The van der Waals surface area contributed by atoms with Gasteiger partial charge in [0.2, 0.25) is 0 Å². The lowest BCUT2D eigenvalue weighted by Gasteiger charge is -2.31. The van der Waals surface area contributed by atoms with Gasteiger partial charge in [-0.3, -0.25) is 9.59 Å². The number of nitrogens with zero attached hydrogens (tertiary/aromatic N) is 1. The molecule has 0 N–H and O–H groups in total. The Bertz CT molecular complexity index is 535. The molecule has 0 unspecified atom stereocenters. The zero-order valence-corrected chi connectivity index (χ0v) is 12.7. The summed E-state index contributed by atoms with van der Waals surface area (Å²) < 4.78 is 19.1. The van der Waals surface area contributed by atoms with Crippen molar-refractivity contribution < 1.29 is 18.7 Å². The van der Waals surface area contributed by atoms with E-state index in [1.165, 1.54) is 24.1 Å². The van der Waals surface area contributed by atoms with Crippen molar-refractivity contribution in [2.75, 3.05) is 20.2 Å². The highest BCUT2D eigenvalue weighted by Gasteiger charge is 2.30. The van der Waals surface area contributed by atoms with Gasteiger partial charge in [-0.2, -0.15) is 0 Å². The SMILES string of the molecule is COC(=O)[C@H]1CCCN(C(=O)c2cc(Br)ccc2F)C1. The molecule has 1 fully saturated rings. The van der Waals surface area contributed by atoms with Crippen molar-refractivity contribution in [1.29, 1.82) is 0 Å². The first-order chi connectivity index (χ1) is 9.52. The molecule has 0 saturated carbocycles. The number of methoxy groups -OCH3 is 1. The highest BCUT2D eigenvalue weighted by Crippen LogP contribution is 2.22. The fourth-order valence-corrected chi connectivity index (χ4v) is 2.71. The summed E-state index contributed by atoms with van der Waals surface area (Å²) in [6.07, 6.45) is 1.40. The highest BCUT2D eigenvalue weighted by molar-refractivity contribution is 9.10. The summed E-state index contributed by atoms with van der Waals surface area (Å²) in [4.78, 5) is 25.4. The van der Waals surface area contributed by atoms with Gasteiger partial charge in [0.25, 0.3) is 5.91 Å². The summed E-state index contributed by atoms with van der Waals surface area (Å²) >= 11 is 3.22. The molecule has 0 radical (unpaired) electrons. The van der Waals surface area contributed by atoms with Gasteiger partial charge < -0.3 is 9.64 Å². The van der Waals surface area contributed by atoms with E-state index in [4.69, 9.17) is 4.74 Å². The molecule has 108 valence electrons. The number of ether oxygens (including phenoxy) is 1. The average molecular weight is 344 g/mol. The predicted octanol–water partition coefficient (Wildman–Crippen LogP) is 2.61. The lowest BCUT2D eigenvalue weighted by molar-refractivity contribution is -0.146. The second kappa shape index (κ2) is 6.35. The third kappa shape index (κ3) is 3.17. The number of hydrogen-bond donors (Lipinski definition) is 0. The smallest absolute Gasteiger partial charge is 0.310 e. The van der Waals surface area contributed by atoms with Crippen LogP contribution in [0.3, 0.4) is 0 Å². The van der Waals surface area contributed by atoms with Gasteiger partial charge in [-0.15, -0.1) is 0 Å². The molecule has 1 amide bonds. The van der Waals surface area contributed by atoms with E-state index in [1.807, 2.05) is 0 Å². The Kier molecular flexibility index (Phi) is 4.75. The Morgan fingerprint density at radius 1 is 1.45 bits per heavy atom. The van der Waals surface area contributed by atoms with E-state index >= 15 is 0 Å². The normalized spacial score (nSPS) is 18.8. The van der Waals surface area contributed by atoms with E-state index in [2.05, 4.69) is 15.9 Å². The zero-order chi connectivity index (χ0) is 14.7. The number of carbonyl (C=O) groups excluding carboxylic acids is 2. The largest absolute Gasteiger partial charge is 0.469 e. The van der Waals surface area contributed by atoms with Crippen LogP contribution in [0.5, 0.6) is 0 Å². The van der Waals surface area contributed by atoms with Crippen molar-refractivity contribution in [1.82, 2.24) is 4.90 Å². The number of likely N-dealkylation sites (tertiary alicyclic amines) is 1. The standard InChI is InChI=1S/C14H15BrFNO3/c1-20-14(19)9-3-2-6-17(8-9)13(18)11-7-10(15)4-5-12(11)16/h4-5,7,9H,2-3,6,8H2,1H3/t9-/m0/s1. The molecule has 4 nitrogen and oxygen atoms in total. The van der Waals surface area contributed by atoms with Gasteiger partial charge in [0.15, 0.2) is 0 Å². The number of rotatable bonds is 2. The first kappa shape index (κ1) is 15.0. The number of halogens is 2. The number of carbonyl (C=O) groups is 2. The highest BCUT2D eigenvalue weighted by atomic mass is 79.9. The Hall–Kier alpha value is -1.43. The van der Waals surface area contributed by atoms with Crippen molar-refractivity contribution in [2.24, 2.45) is 5.92 Å². The maximum Gasteiger partial charge on any atom is 0.310 e. The molecule has 6 heteroatoms. The summed E-state index contributed by atoms with van der Waals surface area (Å²) in [5.41, 5.74) is 0.0184. The van der Waals surface area contributed by atoms with E-state index in [0.29, 0.717) is 23.9 Å². The van der Waals surface area contributed by atoms with Crippen LogP contribution in [0.4, 0.5) is 4.39 Å². The first-order valence-corrected chi connectivity index (χ1v) is 7.14. The van der Waals surface area contributed by atoms with Crippen molar-refractivity contribution >= 4 is 27.8 Å². The number of piperidine rings is 1. The Morgan fingerprint density at radius 2 is 2.20 bits per heavy atom. The molecule has 1 heterocycles. The van der Waals surface area contributed by atoms with Crippen LogP contribution in [0.2, 0.25) is 0 Å². The molecule has 0 aromatic heterocycles. The Balaban J connectivity index is 2.16. The lowest BCUT2D eigenvalue weighted by atomic mass is 9.97. The van der Waals surface area contributed by atoms with E-state index in [1.54, 1.807) is 6.07 Å². The predicted molar refractivity (Wildman–Crippen MR) is 74.7 cm³/mol. The van der Waals surface area contributed by atoms with E-state index in [9.17, 15) is 14.0 Å². The number of amides is 1. The topological polar surface area (TPSA) is 46.6 Å². The number of hydrogen-bond acceptors (Lipinski definition) is 3. The maximum absolute atomic E-state index is 13.7. The van der Waals surface area contributed by atoms with Crippen LogP contribution in [-0.4, -0.2) is 37.0 Å². The quantitative estimate of drug-likeness (QED) is 0.775. The maximum atomic E-state index is 13.7. The summed E-state index contributed by atoms with van der Waals surface area (Å²) in [6, 6.07) is 4.25. The molecule has 0 spiro atoms. The van der Waals surface area contributed by atoms with Crippen LogP contribution in [0, 0.1) is 11.7 Å². The molecule has 1 aliphatic rings. The van der Waals surface area contributed by atoms with Crippen molar-refractivity contribution in [3.63, 3.8) is 0 Å². The van der Waals surface area contributed by atoms with E-state index < -0.39 is 11.7 Å². The molecule has 0 bridgehead atoms. The first-order valence-electron chi connectivity index (χ1n) is 6.35. The Labute approximate surface area is 125 Å². The second-order valence-corrected chi connectivity index (χ2v) is 5.65. The monoisotopic (exact) mass is 343 g/mol. The molecule has 1 aromatic rings. The van der Waals surface area contributed by atoms with Crippen LogP contribution in [0.25, 0.3) is 0 Å². The molecular weight excluding hydrogens is 329 g/mol. The van der Waals surface area contributed by atoms with Crippen LogP contribution in [0.15, 0.2) is 22.7 Å². The van der Waals surface area contributed by atoms with Gasteiger partial charge in [0.05, 0.1) is 18.6 Å². The molecule has 1 saturated heterocycles. The van der Waals surface area contributed by atoms with Crippen LogP contribution < -0.4 is 0 Å². The van der Waals surface area contributed by atoms with Gasteiger partial charge in [0.1, 0.15) is 5.82 Å². The number of benzene rings is 1. The third-order valence-electron chi connectivity index (χ3n) is 3.40. The van der Waals surface area contributed by atoms with Crippen molar-refractivity contribution in [3.05, 3.63) is 34.1 Å². The molecule has 1 aliphatic heterocycles. The summed E-state index contributed by atoms with van der Waals surface area (Å²) in [6.45, 7) is 0.801. The average Bonchev–Trinajstić information content (AvgIpc) is 2.48. The van der Waals surface area contributed by atoms with E-state index in [0.717, 1.165) is 0 Å². The van der Waals surface area contributed by atoms with E-state index in [-0.39, 0.29) is 24.0 Å². The number of esters is 1. The second-order valence-electron chi connectivity index (χ2n) is 4.74. The molecule has 1 atom stereocenters. The minimum absolute atomic E-state index is 0.0184. The molecule has 20 heavy (non-hydrogen) atoms. The van der Waals surface area contributed by atoms with Gasteiger partial charge in [-0.05, 0) is 31.0 Å². The van der Waals surface area contributed by atoms with Gasteiger partial charge >= 0.3 is 5.97 Å². The molecule has 0 aliphatic carbocycles. The van der Waals surface area contributed by atoms with Crippen molar-refractivity contribution in [2.45, 2.75) is 12.8 Å². The summed E-state index contributed by atoms with van der Waals surface area (Å²) in [5, 5.41) is 0. The molecule has 1 aromatic carbocycles. The van der Waals surface area contributed by atoms with Gasteiger partial charge in [0, 0.05) is 17.6 Å². The van der Waals surface area contributed by atoms with Crippen LogP contribution in [0.1, 0.15) is 23.2 Å². The minimum Gasteiger partial charge on any atom is -0.469 e. The van der Waals surface area contributed by atoms with Crippen molar-refractivity contribution in [3.8, 4) is 0 Å². The molecule has 2 rings (SSSR count). The molecular formula is C14H15BrFNO3.